The molecule has 1 N–H and O–H groups in total. The van der Waals surface area contributed by atoms with E-state index in [-0.39, 0.29) is 11.9 Å². The molecule has 23 heavy (non-hydrogen) atoms. The summed E-state index contributed by atoms with van der Waals surface area (Å²) in [7, 11) is 0. The number of carbonyl (C=O) groups excluding carboxylic acids is 1. The van der Waals surface area contributed by atoms with Gasteiger partial charge in [0.05, 0.1) is 0 Å². The zero-order chi connectivity index (χ0) is 15.6. The summed E-state index contributed by atoms with van der Waals surface area (Å²) in [5.74, 6) is -0.0851. The summed E-state index contributed by atoms with van der Waals surface area (Å²) in [5.41, 5.74) is 4.04. The molecular weight excluding hydrogens is 286 g/mol. The second-order valence-corrected chi connectivity index (χ2v) is 6.13. The third-order valence-electron chi connectivity index (χ3n) is 4.52. The monoisotopic (exact) mass is 305 g/mol. The van der Waals surface area contributed by atoms with Crippen LogP contribution in [0.2, 0.25) is 0 Å². The minimum atomic E-state index is -0.0851. The summed E-state index contributed by atoms with van der Waals surface area (Å²) < 4.78 is 1.87. The van der Waals surface area contributed by atoms with E-state index in [2.05, 4.69) is 34.6 Å². The summed E-state index contributed by atoms with van der Waals surface area (Å²) in [4.78, 5) is 16.9. The Kier molecular flexibility index (Phi) is 3.58. The van der Waals surface area contributed by atoms with Gasteiger partial charge in [-0.1, -0.05) is 30.3 Å². The second kappa shape index (κ2) is 5.88. The molecule has 0 radical (unpaired) electrons. The van der Waals surface area contributed by atoms with Gasteiger partial charge in [0.1, 0.15) is 11.3 Å². The van der Waals surface area contributed by atoms with Gasteiger partial charge in [0.2, 0.25) is 0 Å². The van der Waals surface area contributed by atoms with Crippen molar-refractivity contribution in [1.29, 1.82) is 0 Å². The molecule has 0 saturated heterocycles. The lowest BCUT2D eigenvalue weighted by Crippen LogP contribution is -2.36. The van der Waals surface area contributed by atoms with Gasteiger partial charge in [-0.25, -0.2) is 4.98 Å². The highest BCUT2D eigenvalue weighted by Crippen LogP contribution is 2.20. The smallest absolute Gasteiger partial charge is 0.271 e. The molecule has 0 aliphatic heterocycles. The number of carbonyl (C=O) groups is 1. The molecule has 4 rings (SSSR count). The van der Waals surface area contributed by atoms with Crippen LogP contribution in [0.4, 0.5) is 0 Å². The summed E-state index contributed by atoms with van der Waals surface area (Å²) in [6, 6.07) is 14.5. The van der Waals surface area contributed by atoms with Crippen molar-refractivity contribution in [2.45, 2.75) is 31.7 Å². The average molecular weight is 305 g/mol. The number of benzene rings is 1. The van der Waals surface area contributed by atoms with E-state index in [1.807, 2.05) is 28.8 Å². The summed E-state index contributed by atoms with van der Waals surface area (Å²) in [6.45, 7) is 0. The number of aryl methyl sites for hydroxylation is 1. The zero-order valence-electron chi connectivity index (χ0n) is 12.9. The molecule has 1 amide bonds. The lowest BCUT2D eigenvalue weighted by Gasteiger charge is -2.16. The fourth-order valence-electron chi connectivity index (χ4n) is 3.33. The van der Waals surface area contributed by atoms with Gasteiger partial charge in [-0.3, -0.25) is 4.79 Å². The molecular formula is C19H19N3O. The number of aromatic nitrogens is 2. The van der Waals surface area contributed by atoms with Crippen LogP contribution in [-0.2, 0) is 12.8 Å². The van der Waals surface area contributed by atoms with E-state index in [0.717, 1.165) is 31.3 Å². The Hall–Kier alpha value is -2.62. The number of pyridine rings is 1. The lowest BCUT2D eigenvalue weighted by atomic mass is 10.0. The van der Waals surface area contributed by atoms with Gasteiger partial charge >= 0.3 is 0 Å². The van der Waals surface area contributed by atoms with Gasteiger partial charge in [-0.05, 0) is 48.9 Å². The molecule has 0 fully saturated rings. The predicted molar refractivity (Wildman–Crippen MR) is 89.5 cm³/mol. The van der Waals surface area contributed by atoms with E-state index in [9.17, 15) is 4.79 Å². The van der Waals surface area contributed by atoms with Crippen molar-refractivity contribution in [2.75, 3.05) is 0 Å². The minimum absolute atomic E-state index is 0.0851. The Bertz CT molecular complexity index is 819. The first-order valence-corrected chi connectivity index (χ1v) is 8.11. The zero-order valence-corrected chi connectivity index (χ0v) is 12.9. The highest BCUT2D eigenvalue weighted by Gasteiger charge is 2.20. The molecule has 4 nitrogen and oxygen atoms in total. The van der Waals surface area contributed by atoms with Crippen LogP contribution in [0.3, 0.4) is 0 Å². The van der Waals surface area contributed by atoms with Crippen molar-refractivity contribution in [1.82, 2.24) is 14.7 Å². The first-order chi connectivity index (χ1) is 11.3. The third kappa shape index (κ3) is 2.84. The van der Waals surface area contributed by atoms with Gasteiger partial charge in [-0.2, -0.15) is 0 Å². The van der Waals surface area contributed by atoms with E-state index in [4.69, 9.17) is 0 Å². The Morgan fingerprint density at radius 2 is 1.96 bits per heavy atom. The van der Waals surface area contributed by atoms with Gasteiger partial charge < -0.3 is 9.72 Å². The molecule has 1 aliphatic rings. The Morgan fingerprint density at radius 3 is 2.83 bits per heavy atom. The molecule has 0 saturated carbocycles. The molecule has 1 aliphatic carbocycles. The molecule has 116 valence electrons. The van der Waals surface area contributed by atoms with Crippen molar-refractivity contribution < 1.29 is 4.79 Å². The number of hydrogen-bond acceptors (Lipinski definition) is 2. The van der Waals surface area contributed by atoms with Crippen molar-refractivity contribution in [3.8, 4) is 0 Å². The summed E-state index contributed by atoms with van der Waals surface area (Å²) in [6.07, 6.45) is 7.80. The number of nitrogens with zero attached hydrogens (tertiary/aromatic N) is 2. The minimum Gasteiger partial charge on any atom is -0.348 e. The Labute approximate surface area is 135 Å². The van der Waals surface area contributed by atoms with Crippen LogP contribution in [0.15, 0.2) is 54.9 Å². The quantitative estimate of drug-likeness (QED) is 0.740. The maximum atomic E-state index is 12.5. The van der Waals surface area contributed by atoms with Crippen LogP contribution in [0, 0.1) is 0 Å². The molecule has 1 unspecified atom stereocenters. The van der Waals surface area contributed by atoms with Crippen LogP contribution in [0.25, 0.3) is 5.65 Å². The van der Waals surface area contributed by atoms with Crippen molar-refractivity contribution in [3.05, 3.63) is 71.7 Å². The number of imidazole rings is 1. The molecule has 0 bridgehead atoms. The van der Waals surface area contributed by atoms with Crippen molar-refractivity contribution in [2.24, 2.45) is 0 Å². The van der Waals surface area contributed by atoms with Gasteiger partial charge in [0.25, 0.3) is 5.91 Å². The first-order valence-electron chi connectivity index (χ1n) is 8.11. The molecule has 3 aromatic rings. The van der Waals surface area contributed by atoms with Crippen LogP contribution >= 0.6 is 0 Å². The topological polar surface area (TPSA) is 46.4 Å². The summed E-state index contributed by atoms with van der Waals surface area (Å²) >= 11 is 0. The number of rotatable bonds is 2. The van der Waals surface area contributed by atoms with E-state index >= 15 is 0 Å². The van der Waals surface area contributed by atoms with Crippen LogP contribution in [0.5, 0.6) is 0 Å². The highest BCUT2D eigenvalue weighted by molar-refractivity contribution is 5.93. The summed E-state index contributed by atoms with van der Waals surface area (Å²) in [5, 5.41) is 3.16. The van der Waals surface area contributed by atoms with Crippen LogP contribution < -0.4 is 5.32 Å². The maximum absolute atomic E-state index is 12.5. The SMILES string of the molecule is O=C(NC1CCCc2ccccc2C1)c1cn2ccccc2n1. The van der Waals surface area contributed by atoms with E-state index in [1.165, 1.54) is 11.1 Å². The average Bonchev–Trinajstić information content (AvgIpc) is 2.90. The van der Waals surface area contributed by atoms with Crippen molar-refractivity contribution in [3.63, 3.8) is 0 Å². The van der Waals surface area contributed by atoms with Gasteiger partial charge in [0.15, 0.2) is 0 Å². The Morgan fingerprint density at radius 1 is 1.13 bits per heavy atom. The molecule has 1 aromatic carbocycles. The van der Waals surface area contributed by atoms with Crippen LogP contribution in [-0.4, -0.2) is 21.3 Å². The van der Waals surface area contributed by atoms with E-state index in [0.29, 0.717) is 5.69 Å². The van der Waals surface area contributed by atoms with Crippen LogP contribution in [0.1, 0.15) is 34.5 Å². The van der Waals surface area contributed by atoms with E-state index < -0.39 is 0 Å². The molecule has 1 atom stereocenters. The Balaban J connectivity index is 1.52. The van der Waals surface area contributed by atoms with Gasteiger partial charge in [0, 0.05) is 18.4 Å². The van der Waals surface area contributed by atoms with Crippen molar-refractivity contribution >= 4 is 11.6 Å². The predicted octanol–water partition coefficient (Wildman–Crippen LogP) is 3.01. The molecule has 2 aromatic heterocycles. The second-order valence-electron chi connectivity index (χ2n) is 6.13. The lowest BCUT2D eigenvalue weighted by molar-refractivity contribution is 0.0930. The van der Waals surface area contributed by atoms with Gasteiger partial charge in [-0.15, -0.1) is 0 Å². The number of amides is 1. The first kappa shape index (κ1) is 14.0. The maximum Gasteiger partial charge on any atom is 0.271 e. The largest absolute Gasteiger partial charge is 0.348 e. The fraction of sp³-hybridized carbons (Fsp3) is 0.263. The highest BCUT2D eigenvalue weighted by atomic mass is 16.2. The number of fused-ring (bicyclic) bond motifs is 2. The molecule has 4 heteroatoms. The normalized spacial score (nSPS) is 17.5. The third-order valence-corrected chi connectivity index (χ3v) is 4.52. The molecule has 2 heterocycles. The standard InChI is InChI=1S/C19H19N3O/c23-19(17-13-22-11-4-3-10-18(22)21-17)20-16-9-5-8-14-6-1-2-7-15(14)12-16/h1-4,6-7,10-11,13,16H,5,8-9,12H2,(H,20,23). The number of hydrogen-bond donors (Lipinski definition) is 1. The fourth-order valence-corrected chi connectivity index (χ4v) is 3.33. The van der Waals surface area contributed by atoms with E-state index in [1.54, 1.807) is 6.20 Å². The molecule has 0 spiro atoms. The number of nitrogens with one attached hydrogen (secondary N) is 1.